The highest BCUT2D eigenvalue weighted by molar-refractivity contribution is 9.08. The summed E-state index contributed by atoms with van der Waals surface area (Å²) in [4.78, 5) is 96.8. The molecule has 0 atom stereocenters. The number of hydrogen-bond acceptors (Lipinski definition) is 16. The fourth-order valence-electron chi connectivity index (χ4n) is 12.1. The van der Waals surface area contributed by atoms with Crippen LogP contribution in [0.4, 0.5) is 21.9 Å². The average Bonchev–Trinajstić information content (AvgIpc) is 0.803. The predicted molar refractivity (Wildman–Crippen MR) is 434 cm³/mol. The van der Waals surface area contributed by atoms with Crippen molar-refractivity contribution in [3.63, 3.8) is 0 Å². The number of nitrogens with zero attached hydrogens (tertiary/aromatic N) is 3. The highest BCUT2D eigenvalue weighted by Gasteiger charge is 2.29. The van der Waals surface area contributed by atoms with Gasteiger partial charge >= 0.3 is 24.0 Å². The molecule has 0 unspecified atom stereocenters. The van der Waals surface area contributed by atoms with Crippen LogP contribution < -0.4 is 30.7 Å². The number of aromatic hydroxyl groups is 1. The van der Waals surface area contributed by atoms with Crippen LogP contribution in [0.15, 0.2) is 200 Å². The maximum Gasteiger partial charge on any atom is 0.410 e. The Hall–Kier alpha value is -11.2. The summed E-state index contributed by atoms with van der Waals surface area (Å²) in [5.41, 5.74) is 8.50. The Morgan fingerprint density at radius 1 is 0.409 bits per heavy atom. The van der Waals surface area contributed by atoms with Gasteiger partial charge in [0, 0.05) is 70.8 Å². The number of carboxylic acids is 1. The number of amides is 4. The molecule has 576 valence electrons. The summed E-state index contributed by atoms with van der Waals surface area (Å²) >= 11 is 3.43. The monoisotopic (exact) mass is 1560 g/mol. The average molecular weight is 1560 g/mol. The van der Waals surface area contributed by atoms with Crippen LogP contribution in [0.25, 0.3) is 33.4 Å². The standard InChI is InChI=1S/C36H45N3O6.C27H28BrNO4.C25H25N3O4/c1-8-43-31-17-14-25(24-38-18-20-39(21-19-38)34(42)45-36(5,6)7)22-29(31)32(40)37-30-23-27(26-12-10-9-11-13-26)15-16-28(30)33(41)44-35(2,3)4;1-5-32-24-14-11-18(17-28)15-22(24)25(30)29-23-16-20(19-9-7-6-8-10-19)12-13-21(23)26(31)33-27(2,3)4;29-23-9-6-17(16-28-12-10-26-11-13-28)14-21(23)24(30)27-22-15-19(7-8-20(22)25(31)32)18-4-2-1-3-5-18/h9-17,22-23H,8,18-21,24H2,1-7H3,(H,37,40);6-16H,5,17H2,1-4H3,(H,29,30);1-9,14-15,26,29H,10-13,16H2,(H,27,30)(H,31,32). The van der Waals surface area contributed by atoms with Gasteiger partial charge in [-0.1, -0.05) is 143 Å². The molecule has 6 N–H and O–H groups in total. The van der Waals surface area contributed by atoms with Crippen molar-refractivity contribution >= 4 is 74.7 Å². The zero-order chi connectivity index (χ0) is 79.3. The Bertz CT molecular complexity index is 4700. The van der Waals surface area contributed by atoms with Crippen molar-refractivity contribution in [2.75, 3.05) is 81.5 Å². The van der Waals surface area contributed by atoms with Gasteiger partial charge in [-0.15, -0.1) is 0 Å². The number of nitrogens with one attached hydrogen (secondary N) is 4. The van der Waals surface area contributed by atoms with Crippen LogP contribution in [0.1, 0.15) is 155 Å². The SMILES string of the molecule is CCOc1ccc(CBr)cc1C(=O)Nc1cc(-c2ccccc2)ccc1C(=O)OC(C)(C)C.CCOc1ccc(CN2CCN(C(=O)OC(C)(C)C)CC2)cc1C(=O)Nc1cc(-c2ccccc2)ccc1C(=O)OC(C)(C)C.O=C(Nc1cc(-c2ccccc2)ccc1C(=O)O)c1cc(CN2CCNCC2)ccc1O. The Kier molecular flexibility index (Phi) is 28.8. The predicted octanol–water partition coefficient (Wildman–Crippen LogP) is 17.3. The lowest BCUT2D eigenvalue weighted by molar-refractivity contribution is 0.00580. The first-order valence-electron chi connectivity index (χ1n) is 36.7. The summed E-state index contributed by atoms with van der Waals surface area (Å²) in [6.45, 7) is 28.4. The normalized spacial score (nSPS) is 13.2. The van der Waals surface area contributed by atoms with E-state index in [9.17, 15) is 43.8 Å². The molecule has 0 saturated carbocycles. The molecule has 2 heterocycles. The van der Waals surface area contributed by atoms with Crippen molar-refractivity contribution in [2.24, 2.45) is 0 Å². The van der Waals surface area contributed by atoms with E-state index < -0.39 is 46.5 Å². The van der Waals surface area contributed by atoms with Gasteiger partial charge in [-0.2, -0.15) is 0 Å². The number of halogens is 1. The van der Waals surface area contributed by atoms with Crippen molar-refractivity contribution < 1.29 is 67.5 Å². The summed E-state index contributed by atoms with van der Waals surface area (Å²) in [6.07, 6.45) is -0.302. The number of rotatable bonds is 21. The molecule has 110 heavy (non-hydrogen) atoms. The summed E-state index contributed by atoms with van der Waals surface area (Å²) in [5.74, 6) is -2.71. The van der Waals surface area contributed by atoms with Crippen LogP contribution >= 0.6 is 15.9 Å². The van der Waals surface area contributed by atoms with Gasteiger partial charge in [0.05, 0.1) is 63.7 Å². The summed E-state index contributed by atoms with van der Waals surface area (Å²) in [5, 5.41) is 32.4. The third-order valence-electron chi connectivity index (χ3n) is 17.3. The molecule has 0 aromatic heterocycles. The molecule has 2 aliphatic heterocycles. The molecular weight excluding hydrogens is 1460 g/mol. The topological polar surface area (TPSA) is 264 Å². The van der Waals surface area contributed by atoms with E-state index in [1.54, 1.807) is 92.4 Å². The molecule has 2 saturated heterocycles. The van der Waals surface area contributed by atoms with E-state index in [0.29, 0.717) is 91.8 Å². The van der Waals surface area contributed by atoms with Gasteiger partial charge in [0.1, 0.15) is 34.1 Å². The maximum atomic E-state index is 13.9. The number of phenolic OH excluding ortho intramolecular Hbond substituents is 1. The molecule has 9 aromatic carbocycles. The Labute approximate surface area is 652 Å². The highest BCUT2D eigenvalue weighted by Crippen LogP contribution is 2.34. The van der Waals surface area contributed by atoms with Crippen molar-refractivity contribution in [3.05, 3.63) is 250 Å². The second-order valence-electron chi connectivity index (χ2n) is 29.3. The lowest BCUT2D eigenvalue weighted by Crippen LogP contribution is -2.49. The largest absolute Gasteiger partial charge is 0.507 e. The van der Waals surface area contributed by atoms with E-state index in [1.807, 2.05) is 177 Å². The number of carboxylic acid groups (broad SMARTS) is 1. The Balaban J connectivity index is 0.000000194. The van der Waals surface area contributed by atoms with Gasteiger partial charge in [0.2, 0.25) is 0 Å². The number of carbonyl (C=O) groups is 7. The number of aromatic carboxylic acids is 1. The van der Waals surface area contributed by atoms with Crippen LogP contribution in [0.3, 0.4) is 0 Å². The van der Waals surface area contributed by atoms with Crippen molar-refractivity contribution in [3.8, 4) is 50.6 Å². The molecule has 2 aliphatic rings. The number of esters is 2. The van der Waals surface area contributed by atoms with E-state index in [2.05, 4.69) is 47.0 Å². The molecule has 11 rings (SSSR count). The van der Waals surface area contributed by atoms with Gasteiger partial charge in [0.25, 0.3) is 17.7 Å². The summed E-state index contributed by atoms with van der Waals surface area (Å²) in [7, 11) is 0. The molecule has 0 radical (unpaired) electrons. The van der Waals surface area contributed by atoms with Crippen LogP contribution in [0, 0.1) is 0 Å². The Morgan fingerprint density at radius 2 is 0.773 bits per heavy atom. The molecule has 0 aliphatic carbocycles. The van der Waals surface area contributed by atoms with Gasteiger partial charge < -0.3 is 60.1 Å². The fraction of sp³-hybridized carbons (Fsp3) is 0.307. The van der Waals surface area contributed by atoms with E-state index >= 15 is 0 Å². The number of phenols is 1. The van der Waals surface area contributed by atoms with Crippen molar-refractivity contribution in [1.82, 2.24) is 20.0 Å². The van der Waals surface area contributed by atoms with Crippen LogP contribution in [-0.4, -0.2) is 149 Å². The highest BCUT2D eigenvalue weighted by atomic mass is 79.9. The van der Waals surface area contributed by atoms with E-state index in [4.69, 9.17) is 23.7 Å². The fourth-order valence-corrected chi connectivity index (χ4v) is 12.4. The number of alkyl halides is 1. The van der Waals surface area contributed by atoms with E-state index in [-0.39, 0.29) is 45.7 Å². The molecule has 4 amide bonds. The van der Waals surface area contributed by atoms with Crippen LogP contribution in [-0.2, 0) is 32.6 Å². The zero-order valence-corrected chi connectivity index (χ0v) is 65.8. The smallest absolute Gasteiger partial charge is 0.410 e. The lowest BCUT2D eigenvalue weighted by atomic mass is 10.0. The third kappa shape index (κ3) is 24.2. The minimum atomic E-state index is -1.14. The first-order valence-corrected chi connectivity index (χ1v) is 37.8. The zero-order valence-electron chi connectivity index (χ0n) is 64.3. The third-order valence-corrected chi connectivity index (χ3v) is 17.9. The molecular formula is C88H98BrN7O14. The molecule has 0 spiro atoms. The first-order chi connectivity index (χ1) is 52.4. The first kappa shape index (κ1) is 82.9. The van der Waals surface area contributed by atoms with Gasteiger partial charge in [-0.25, -0.2) is 19.2 Å². The molecule has 0 bridgehead atoms. The molecule has 9 aromatic rings. The summed E-state index contributed by atoms with van der Waals surface area (Å²) < 4.78 is 28.2. The number of anilines is 3. The van der Waals surface area contributed by atoms with Gasteiger partial charge in [-0.3, -0.25) is 24.2 Å². The lowest BCUT2D eigenvalue weighted by Gasteiger charge is -2.35. The number of carbonyl (C=O) groups excluding carboxylic acids is 6. The van der Waals surface area contributed by atoms with Crippen molar-refractivity contribution in [1.29, 1.82) is 0 Å². The van der Waals surface area contributed by atoms with E-state index in [0.717, 1.165) is 76.3 Å². The maximum absolute atomic E-state index is 13.9. The second kappa shape index (κ2) is 38.3. The second-order valence-corrected chi connectivity index (χ2v) is 29.9. The van der Waals surface area contributed by atoms with Crippen molar-refractivity contribution in [2.45, 2.75) is 111 Å². The quantitative estimate of drug-likeness (QED) is 0.0222. The molecule has 2 fully saturated rings. The number of ether oxygens (including phenoxy) is 5. The number of hydrogen-bond donors (Lipinski definition) is 6. The number of piperazine rings is 2. The van der Waals surface area contributed by atoms with E-state index in [1.165, 1.54) is 12.1 Å². The molecule has 22 heteroatoms. The van der Waals surface area contributed by atoms with Gasteiger partial charge in [-0.05, 0) is 199 Å². The minimum Gasteiger partial charge on any atom is -0.507 e. The van der Waals surface area contributed by atoms with Crippen LogP contribution in [0.5, 0.6) is 17.2 Å². The van der Waals surface area contributed by atoms with Crippen LogP contribution in [0.2, 0.25) is 0 Å². The minimum absolute atomic E-state index is 0.0190. The molecule has 21 nitrogen and oxygen atoms in total. The summed E-state index contributed by atoms with van der Waals surface area (Å²) in [6, 6.07) is 60.5. The Morgan fingerprint density at radius 3 is 1.17 bits per heavy atom. The van der Waals surface area contributed by atoms with Gasteiger partial charge in [0.15, 0.2) is 0 Å². The number of benzene rings is 9.